The number of hydrogen-bond donors (Lipinski definition) is 0. The molecular weight excluding hydrogens is 224 g/mol. The van der Waals surface area contributed by atoms with Crippen LogP contribution in [0.3, 0.4) is 0 Å². The maximum absolute atomic E-state index is 13.3. The maximum atomic E-state index is 13.3. The van der Waals surface area contributed by atoms with Crippen LogP contribution >= 0.6 is 0 Å². The summed E-state index contributed by atoms with van der Waals surface area (Å²) in [5.74, 6) is -1.70. The standard InChI is InChI=1S/C13H9F2NO/c14-10-5-2-1-4-9(10)8-12(17)13-11(15)6-3-7-16-13/h1-7H,8H2. The van der Waals surface area contributed by atoms with Crippen LogP contribution in [0.15, 0.2) is 42.6 Å². The van der Waals surface area contributed by atoms with Crippen LogP contribution in [0.25, 0.3) is 0 Å². The van der Waals surface area contributed by atoms with E-state index in [1.165, 1.54) is 30.5 Å². The van der Waals surface area contributed by atoms with Crippen LogP contribution in [0.1, 0.15) is 16.1 Å². The second-order valence-electron chi connectivity index (χ2n) is 3.53. The number of ketones is 1. The fourth-order valence-electron chi connectivity index (χ4n) is 1.49. The van der Waals surface area contributed by atoms with Crippen LogP contribution in [0.4, 0.5) is 8.78 Å². The van der Waals surface area contributed by atoms with E-state index in [9.17, 15) is 13.6 Å². The topological polar surface area (TPSA) is 30.0 Å². The number of rotatable bonds is 3. The second-order valence-corrected chi connectivity index (χ2v) is 3.53. The molecule has 2 aromatic rings. The SMILES string of the molecule is O=C(Cc1ccccc1F)c1ncccc1F. The molecule has 2 rings (SSSR count). The third kappa shape index (κ3) is 2.53. The van der Waals surface area contributed by atoms with E-state index in [2.05, 4.69) is 4.98 Å². The number of pyridine rings is 1. The third-order valence-corrected chi connectivity index (χ3v) is 2.33. The highest BCUT2D eigenvalue weighted by molar-refractivity contribution is 5.95. The summed E-state index contributed by atoms with van der Waals surface area (Å²) in [6.07, 6.45) is 1.14. The lowest BCUT2D eigenvalue weighted by molar-refractivity contribution is 0.0983. The summed E-state index contributed by atoms with van der Waals surface area (Å²) in [4.78, 5) is 15.4. The van der Waals surface area contributed by atoms with Gasteiger partial charge in [0.2, 0.25) is 0 Å². The summed E-state index contributed by atoms with van der Waals surface area (Å²) >= 11 is 0. The maximum Gasteiger partial charge on any atom is 0.188 e. The number of halogens is 2. The first-order valence-corrected chi connectivity index (χ1v) is 5.05. The Labute approximate surface area is 96.9 Å². The molecule has 0 unspecified atom stereocenters. The normalized spacial score (nSPS) is 10.2. The average molecular weight is 233 g/mol. The summed E-state index contributed by atoms with van der Waals surface area (Å²) in [7, 11) is 0. The molecule has 4 heteroatoms. The molecule has 86 valence electrons. The Hall–Kier alpha value is -2.10. The molecule has 0 aliphatic rings. The molecule has 0 bridgehead atoms. The lowest BCUT2D eigenvalue weighted by atomic mass is 10.1. The predicted octanol–water partition coefficient (Wildman–Crippen LogP) is 2.79. The molecule has 0 fully saturated rings. The van der Waals surface area contributed by atoms with E-state index in [4.69, 9.17) is 0 Å². The van der Waals surface area contributed by atoms with Crippen LogP contribution in [0, 0.1) is 11.6 Å². The Kier molecular flexibility index (Phi) is 3.23. The fraction of sp³-hybridized carbons (Fsp3) is 0.0769. The number of Topliss-reactive ketones (excluding diaryl/α,β-unsaturated/α-hetero) is 1. The van der Waals surface area contributed by atoms with Gasteiger partial charge in [0.25, 0.3) is 0 Å². The van der Waals surface area contributed by atoms with Gasteiger partial charge < -0.3 is 0 Å². The summed E-state index contributed by atoms with van der Waals surface area (Å²) in [5, 5.41) is 0. The first-order valence-electron chi connectivity index (χ1n) is 5.05. The van der Waals surface area contributed by atoms with Crippen molar-refractivity contribution in [3.8, 4) is 0 Å². The van der Waals surface area contributed by atoms with Crippen molar-refractivity contribution in [1.82, 2.24) is 4.98 Å². The molecule has 17 heavy (non-hydrogen) atoms. The molecule has 0 atom stereocenters. The van der Waals surface area contributed by atoms with Gasteiger partial charge in [-0.2, -0.15) is 0 Å². The van der Waals surface area contributed by atoms with E-state index in [0.29, 0.717) is 0 Å². The first-order chi connectivity index (χ1) is 8.18. The Balaban J connectivity index is 2.24. The molecule has 0 amide bonds. The van der Waals surface area contributed by atoms with Gasteiger partial charge in [-0.25, -0.2) is 8.78 Å². The summed E-state index contributed by atoms with van der Waals surface area (Å²) < 4.78 is 26.6. The van der Waals surface area contributed by atoms with E-state index in [-0.39, 0.29) is 17.7 Å². The second kappa shape index (κ2) is 4.82. The number of nitrogens with zero attached hydrogens (tertiary/aromatic N) is 1. The lowest BCUT2D eigenvalue weighted by Crippen LogP contribution is -2.09. The summed E-state index contributed by atoms with van der Waals surface area (Å²) in [5.41, 5.74) is -0.0155. The number of aromatic nitrogens is 1. The van der Waals surface area contributed by atoms with Gasteiger partial charge in [0, 0.05) is 12.6 Å². The zero-order valence-electron chi connectivity index (χ0n) is 8.86. The largest absolute Gasteiger partial charge is 0.292 e. The van der Waals surface area contributed by atoms with E-state index < -0.39 is 17.4 Å². The Morgan fingerprint density at radius 1 is 1.06 bits per heavy atom. The van der Waals surface area contributed by atoms with Crippen molar-refractivity contribution < 1.29 is 13.6 Å². The predicted molar refractivity (Wildman–Crippen MR) is 58.6 cm³/mol. The lowest BCUT2D eigenvalue weighted by Gasteiger charge is -2.02. The van der Waals surface area contributed by atoms with Crippen molar-refractivity contribution >= 4 is 5.78 Å². The monoisotopic (exact) mass is 233 g/mol. The molecule has 0 radical (unpaired) electrons. The van der Waals surface area contributed by atoms with Crippen LogP contribution in [0.2, 0.25) is 0 Å². The van der Waals surface area contributed by atoms with Crippen molar-refractivity contribution in [1.29, 1.82) is 0 Å². The molecular formula is C13H9F2NO. The van der Waals surface area contributed by atoms with E-state index in [1.807, 2.05) is 0 Å². The van der Waals surface area contributed by atoms with Crippen molar-refractivity contribution in [2.75, 3.05) is 0 Å². The highest BCUT2D eigenvalue weighted by Gasteiger charge is 2.14. The van der Waals surface area contributed by atoms with Crippen molar-refractivity contribution in [2.45, 2.75) is 6.42 Å². The molecule has 0 spiro atoms. The summed E-state index contributed by atoms with van der Waals surface area (Å²) in [6.45, 7) is 0. The van der Waals surface area contributed by atoms with Crippen molar-refractivity contribution in [3.63, 3.8) is 0 Å². The van der Waals surface area contributed by atoms with Gasteiger partial charge >= 0.3 is 0 Å². The molecule has 0 saturated carbocycles. The minimum Gasteiger partial charge on any atom is -0.292 e. The van der Waals surface area contributed by atoms with Gasteiger partial charge in [0.05, 0.1) is 0 Å². The van der Waals surface area contributed by atoms with Gasteiger partial charge in [-0.3, -0.25) is 9.78 Å². The first kappa shape index (κ1) is 11.4. The van der Waals surface area contributed by atoms with Gasteiger partial charge in [-0.05, 0) is 23.8 Å². The molecule has 2 nitrogen and oxygen atoms in total. The Bertz CT molecular complexity index is 555. The minimum atomic E-state index is -0.686. The van der Waals surface area contributed by atoms with Crippen LogP contribution < -0.4 is 0 Å². The average Bonchev–Trinajstić information content (AvgIpc) is 2.32. The number of carbonyl (C=O) groups is 1. The zero-order chi connectivity index (χ0) is 12.3. The van der Waals surface area contributed by atoms with Crippen LogP contribution in [-0.4, -0.2) is 10.8 Å². The molecule has 1 aromatic heterocycles. The van der Waals surface area contributed by atoms with Crippen LogP contribution in [0.5, 0.6) is 0 Å². The van der Waals surface area contributed by atoms with Crippen molar-refractivity contribution in [2.24, 2.45) is 0 Å². The summed E-state index contributed by atoms with van der Waals surface area (Å²) in [6, 6.07) is 8.47. The van der Waals surface area contributed by atoms with Gasteiger partial charge in [0.1, 0.15) is 11.5 Å². The number of benzene rings is 1. The molecule has 0 N–H and O–H groups in total. The fourth-order valence-corrected chi connectivity index (χ4v) is 1.49. The molecule has 1 heterocycles. The minimum absolute atomic E-state index is 0.194. The molecule has 1 aromatic carbocycles. The Morgan fingerprint density at radius 2 is 1.76 bits per heavy atom. The Morgan fingerprint density at radius 3 is 2.47 bits per heavy atom. The third-order valence-electron chi connectivity index (χ3n) is 2.33. The van der Waals surface area contributed by atoms with E-state index >= 15 is 0 Å². The molecule has 0 aliphatic carbocycles. The van der Waals surface area contributed by atoms with Gasteiger partial charge in [0.15, 0.2) is 11.6 Å². The highest BCUT2D eigenvalue weighted by Crippen LogP contribution is 2.11. The smallest absolute Gasteiger partial charge is 0.188 e. The van der Waals surface area contributed by atoms with Crippen LogP contribution in [-0.2, 0) is 6.42 Å². The quantitative estimate of drug-likeness (QED) is 0.763. The number of carbonyl (C=O) groups excluding carboxylic acids is 1. The molecule has 0 aliphatic heterocycles. The number of hydrogen-bond acceptors (Lipinski definition) is 2. The zero-order valence-corrected chi connectivity index (χ0v) is 8.86. The van der Waals surface area contributed by atoms with E-state index in [1.54, 1.807) is 6.07 Å². The van der Waals surface area contributed by atoms with Gasteiger partial charge in [-0.1, -0.05) is 18.2 Å². The van der Waals surface area contributed by atoms with Gasteiger partial charge in [-0.15, -0.1) is 0 Å². The highest BCUT2D eigenvalue weighted by atomic mass is 19.1. The molecule has 0 saturated heterocycles. The van der Waals surface area contributed by atoms with Crippen molar-refractivity contribution in [3.05, 3.63) is 65.5 Å². The van der Waals surface area contributed by atoms with E-state index in [0.717, 1.165) is 6.07 Å².